The molecule has 1 N–H and O–H groups in total. The molecule has 4 heteroatoms. The summed E-state index contributed by atoms with van der Waals surface area (Å²) in [5.41, 5.74) is 0.381. The van der Waals surface area contributed by atoms with Gasteiger partial charge in [-0.15, -0.1) is 0 Å². The standard InChI is InChI=1S/C14H17BrFNO/c15-12-7-6-11(8-13(12)16)14(18)17-9-10-4-2-1-3-5-10/h6-8,10H,1-5,9H2,(H,17,18). The lowest BCUT2D eigenvalue weighted by molar-refractivity contribution is 0.0943. The molecule has 0 radical (unpaired) electrons. The van der Waals surface area contributed by atoms with Crippen LogP contribution in [-0.4, -0.2) is 12.5 Å². The SMILES string of the molecule is O=C(NCC1CCCCC1)c1ccc(Br)c(F)c1. The molecule has 1 saturated carbocycles. The monoisotopic (exact) mass is 313 g/mol. The van der Waals surface area contributed by atoms with Crippen LogP contribution in [0.3, 0.4) is 0 Å². The van der Waals surface area contributed by atoms with Gasteiger partial charge in [-0.1, -0.05) is 19.3 Å². The van der Waals surface area contributed by atoms with Crippen LogP contribution in [0.15, 0.2) is 22.7 Å². The number of rotatable bonds is 3. The fraction of sp³-hybridized carbons (Fsp3) is 0.500. The molecule has 1 aromatic rings. The van der Waals surface area contributed by atoms with Gasteiger partial charge in [0.05, 0.1) is 4.47 Å². The van der Waals surface area contributed by atoms with E-state index in [2.05, 4.69) is 21.2 Å². The normalized spacial score (nSPS) is 16.6. The van der Waals surface area contributed by atoms with Crippen molar-refractivity contribution in [2.24, 2.45) is 5.92 Å². The second-order valence-corrected chi connectivity index (χ2v) is 5.70. The number of benzene rings is 1. The van der Waals surface area contributed by atoms with Crippen LogP contribution in [0.5, 0.6) is 0 Å². The Bertz CT molecular complexity index is 430. The molecule has 0 bridgehead atoms. The Labute approximate surface area is 115 Å². The van der Waals surface area contributed by atoms with Crippen molar-refractivity contribution in [2.75, 3.05) is 6.54 Å². The first-order valence-corrected chi connectivity index (χ1v) is 7.19. The second kappa shape index (κ2) is 6.32. The Hall–Kier alpha value is -0.900. The second-order valence-electron chi connectivity index (χ2n) is 4.84. The summed E-state index contributed by atoms with van der Waals surface area (Å²) in [6.07, 6.45) is 6.20. The summed E-state index contributed by atoms with van der Waals surface area (Å²) >= 11 is 3.07. The number of halogens is 2. The van der Waals surface area contributed by atoms with Crippen molar-refractivity contribution in [3.63, 3.8) is 0 Å². The summed E-state index contributed by atoms with van der Waals surface area (Å²) < 4.78 is 13.7. The maximum Gasteiger partial charge on any atom is 0.251 e. The Kier molecular flexibility index (Phi) is 4.75. The molecule has 0 heterocycles. The highest BCUT2D eigenvalue weighted by molar-refractivity contribution is 9.10. The first-order valence-electron chi connectivity index (χ1n) is 6.40. The molecule has 1 aliphatic rings. The number of carbonyl (C=O) groups is 1. The summed E-state index contributed by atoms with van der Waals surface area (Å²) in [7, 11) is 0. The van der Waals surface area contributed by atoms with Crippen molar-refractivity contribution in [1.29, 1.82) is 0 Å². The number of amides is 1. The van der Waals surface area contributed by atoms with Gasteiger partial charge in [0.25, 0.3) is 5.91 Å². The number of carbonyl (C=O) groups excluding carboxylic acids is 1. The van der Waals surface area contributed by atoms with Crippen molar-refractivity contribution in [1.82, 2.24) is 5.32 Å². The smallest absolute Gasteiger partial charge is 0.251 e. The minimum atomic E-state index is -0.402. The summed E-state index contributed by atoms with van der Waals surface area (Å²) in [5, 5.41) is 2.89. The molecule has 0 saturated heterocycles. The van der Waals surface area contributed by atoms with Crippen molar-refractivity contribution < 1.29 is 9.18 Å². The number of nitrogens with one attached hydrogen (secondary N) is 1. The van der Waals surface area contributed by atoms with E-state index in [1.807, 2.05) is 0 Å². The van der Waals surface area contributed by atoms with Crippen LogP contribution >= 0.6 is 15.9 Å². The number of hydrogen-bond donors (Lipinski definition) is 1. The molecule has 2 nitrogen and oxygen atoms in total. The van der Waals surface area contributed by atoms with Crippen LogP contribution in [0, 0.1) is 11.7 Å². The Morgan fingerprint density at radius 2 is 2.06 bits per heavy atom. The highest BCUT2D eigenvalue weighted by Gasteiger charge is 2.15. The van der Waals surface area contributed by atoms with Crippen molar-refractivity contribution in [3.05, 3.63) is 34.1 Å². The van der Waals surface area contributed by atoms with E-state index in [9.17, 15) is 9.18 Å². The van der Waals surface area contributed by atoms with E-state index in [-0.39, 0.29) is 5.91 Å². The van der Waals surface area contributed by atoms with E-state index < -0.39 is 5.82 Å². The fourth-order valence-corrected chi connectivity index (χ4v) is 2.61. The van der Waals surface area contributed by atoms with E-state index in [0.717, 1.165) is 0 Å². The average molecular weight is 314 g/mol. The maximum absolute atomic E-state index is 13.3. The summed E-state index contributed by atoms with van der Waals surface area (Å²) in [4.78, 5) is 11.9. The van der Waals surface area contributed by atoms with Gasteiger partial charge in [0.2, 0.25) is 0 Å². The third-order valence-corrected chi connectivity index (χ3v) is 4.10. The van der Waals surface area contributed by atoms with E-state index >= 15 is 0 Å². The minimum Gasteiger partial charge on any atom is -0.352 e. The molecule has 0 spiro atoms. The minimum absolute atomic E-state index is 0.188. The lowest BCUT2D eigenvalue weighted by Crippen LogP contribution is -2.30. The van der Waals surface area contributed by atoms with Crippen molar-refractivity contribution >= 4 is 21.8 Å². The fourth-order valence-electron chi connectivity index (χ4n) is 2.37. The molecular formula is C14H17BrFNO. The van der Waals surface area contributed by atoms with Crippen LogP contribution in [0.1, 0.15) is 42.5 Å². The van der Waals surface area contributed by atoms with Crippen LogP contribution in [0.2, 0.25) is 0 Å². The van der Waals surface area contributed by atoms with Crippen molar-refractivity contribution in [3.8, 4) is 0 Å². The summed E-state index contributed by atoms with van der Waals surface area (Å²) in [6.45, 7) is 0.705. The maximum atomic E-state index is 13.3. The predicted molar refractivity (Wildman–Crippen MR) is 73.0 cm³/mol. The molecule has 0 aliphatic heterocycles. The molecule has 0 atom stereocenters. The van der Waals surface area contributed by atoms with Gasteiger partial charge in [-0.25, -0.2) is 4.39 Å². The molecule has 0 aromatic heterocycles. The van der Waals surface area contributed by atoms with Gasteiger partial charge >= 0.3 is 0 Å². The van der Waals surface area contributed by atoms with Gasteiger partial charge < -0.3 is 5.32 Å². The molecular weight excluding hydrogens is 297 g/mol. The molecule has 1 aliphatic carbocycles. The first kappa shape index (κ1) is 13.5. The highest BCUT2D eigenvalue weighted by atomic mass is 79.9. The van der Waals surface area contributed by atoms with Gasteiger partial charge in [0.15, 0.2) is 0 Å². The van der Waals surface area contributed by atoms with Gasteiger partial charge in [-0.3, -0.25) is 4.79 Å². The third-order valence-electron chi connectivity index (χ3n) is 3.46. The van der Waals surface area contributed by atoms with Gasteiger partial charge in [-0.2, -0.15) is 0 Å². The van der Waals surface area contributed by atoms with Crippen LogP contribution < -0.4 is 5.32 Å². The third kappa shape index (κ3) is 3.55. The van der Waals surface area contributed by atoms with Gasteiger partial charge in [-0.05, 0) is 52.9 Å². The zero-order valence-corrected chi connectivity index (χ0v) is 11.8. The van der Waals surface area contributed by atoms with E-state index in [4.69, 9.17) is 0 Å². The largest absolute Gasteiger partial charge is 0.352 e. The molecule has 1 aromatic carbocycles. The Balaban J connectivity index is 1.88. The van der Waals surface area contributed by atoms with Gasteiger partial charge in [0, 0.05) is 12.1 Å². The average Bonchev–Trinajstić information content (AvgIpc) is 2.40. The first-order chi connectivity index (χ1) is 8.66. The van der Waals surface area contributed by atoms with Gasteiger partial charge in [0.1, 0.15) is 5.82 Å². The molecule has 18 heavy (non-hydrogen) atoms. The van der Waals surface area contributed by atoms with Crippen molar-refractivity contribution in [2.45, 2.75) is 32.1 Å². The van der Waals surface area contributed by atoms with E-state index in [1.54, 1.807) is 12.1 Å². The van der Waals surface area contributed by atoms with Crippen LogP contribution in [0.25, 0.3) is 0 Å². The molecule has 1 fully saturated rings. The summed E-state index contributed by atoms with van der Waals surface area (Å²) in [6, 6.07) is 4.45. The zero-order chi connectivity index (χ0) is 13.0. The van der Waals surface area contributed by atoms with E-state index in [1.165, 1.54) is 38.2 Å². The lowest BCUT2D eigenvalue weighted by Gasteiger charge is -2.21. The topological polar surface area (TPSA) is 29.1 Å². The lowest BCUT2D eigenvalue weighted by atomic mass is 9.89. The molecule has 98 valence electrons. The van der Waals surface area contributed by atoms with Crippen LogP contribution in [-0.2, 0) is 0 Å². The number of hydrogen-bond acceptors (Lipinski definition) is 1. The quantitative estimate of drug-likeness (QED) is 0.901. The van der Waals surface area contributed by atoms with E-state index in [0.29, 0.717) is 22.5 Å². The zero-order valence-electron chi connectivity index (χ0n) is 10.2. The highest BCUT2D eigenvalue weighted by Crippen LogP contribution is 2.23. The molecule has 0 unspecified atom stereocenters. The molecule has 2 rings (SSSR count). The summed E-state index contributed by atoms with van der Waals surface area (Å²) in [5.74, 6) is -0.00437. The molecule has 1 amide bonds. The van der Waals surface area contributed by atoms with Crippen LogP contribution in [0.4, 0.5) is 4.39 Å². The Morgan fingerprint density at radius 3 is 2.72 bits per heavy atom. The predicted octanol–water partition coefficient (Wildman–Crippen LogP) is 3.90. The Morgan fingerprint density at radius 1 is 1.33 bits per heavy atom.